The number of halogens is 1. The highest BCUT2D eigenvalue weighted by molar-refractivity contribution is 7.46. The number of β-amino-alcohol motifs (C(OH)–C–C–N with tert-alkyl or cyclic N) is 1. The molecule has 1 aromatic heterocycles. The van der Waals surface area contributed by atoms with Crippen molar-refractivity contribution in [3.8, 4) is 22.8 Å². The molecular formula is C21H20BClNO8P. The maximum absolute atomic E-state index is 13.1. The first-order valence-electron chi connectivity index (χ1n) is 9.92. The van der Waals surface area contributed by atoms with Crippen LogP contribution in [0.1, 0.15) is 11.5 Å². The minimum atomic E-state index is -5.08. The van der Waals surface area contributed by atoms with E-state index in [2.05, 4.69) is 4.52 Å². The summed E-state index contributed by atoms with van der Waals surface area (Å²) in [5.41, 5.74) is -0.461. The van der Waals surface area contributed by atoms with Crippen molar-refractivity contribution in [2.24, 2.45) is 0 Å². The number of likely N-dealkylation sites (N-methyl/N-ethyl adjacent to an activating group) is 1. The molecule has 2 radical (unpaired) electrons. The summed E-state index contributed by atoms with van der Waals surface area (Å²) in [5, 5.41) is 21.6. The van der Waals surface area contributed by atoms with Crippen molar-refractivity contribution < 1.29 is 33.5 Å². The minimum absolute atomic E-state index is 0.0437. The number of nitrogens with zero attached hydrogens (tertiary/aromatic N) is 1. The molecule has 12 heteroatoms. The van der Waals surface area contributed by atoms with Crippen LogP contribution in [0.15, 0.2) is 45.6 Å². The Morgan fingerprint density at radius 2 is 1.94 bits per heavy atom. The molecule has 1 aliphatic rings. The van der Waals surface area contributed by atoms with E-state index in [1.807, 2.05) is 4.90 Å². The van der Waals surface area contributed by atoms with Gasteiger partial charge in [-0.25, -0.2) is 4.57 Å². The number of phosphoric ester groups is 1. The molecule has 0 spiro atoms. The van der Waals surface area contributed by atoms with Crippen LogP contribution in [0.3, 0.4) is 0 Å². The molecule has 33 heavy (non-hydrogen) atoms. The maximum atomic E-state index is 13.1. The normalized spacial score (nSPS) is 21.9. The van der Waals surface area contributed by atoms with Gasteiger partial charge in [0.05, 0.1) is 19.0 Å². The van der Waals surface area contributed by atoms with Crippen LogP contribution in [0, 0.1) is 0 Å². The zero-order valence-corrected chi connectivity index (χ0v) is 19.0. The summed E-state index contributed by atoms with van der Waals surface area (Å²) in [4.78, 5) is 33.6. The minimum Gasteiger partial charge on any atom is -0.507 e. The van der Waals surface area contributed by atoms with Crippen LogP contribution >= 0.6 is 19.4 Å². The summed E-state index contributed by atoms with van der Waals surface area (Å²) >= 11 is 6.26. The number of likely N-dealkylation sites (tertiary alicyclic amines) is 1. The smallest absolute Gasteiger partial charge is 0.507 e. The average molecular weight is 492 g/mol. The molecule has 1 saturated heterocycles. The third-order valence-corrected chi connectivity index (χ3v) is 6.33. The van der Waals surface area contributed by atoms with Crippen molar-refractivity contribution in [2.75, 3.05) is 20.1 Å². The zero-order valence-electron chi connectivity index (χ0n) is 17.4. The predicted octanol–water partition coefficient (Wildman–Crippen LogP) is 2.64. The largest absolute Gasteiger partial charge is 0.524 e. The van der Waals surface area contributed by atoms with Gasteiger partial charge in [0.1, 0.15) is 28.2 Å². The van der Waals surface area contributed by atoms with Gasteiger partial charge in [-0.1, -0.05) is 29.6 Å². The molecule has 9 nitrogen and oxygen atoms in total. The van der Waals surface area contributed by atoms with Gasteiger partial charge in [0.25, 0.3) is 0 Å². The molecule has 3 unspecified atom stereocenters. The van der Waals surface area contributed by atoms with E-state index in [1.165, 1.54) is 0 Å². The Labute approximate surface area is 194 Å². The van der Waals surface area contributed by atoms with Crippen LogP contribution in [0.5, 0.6) is 11.5 Å². The van der Waals surface area contributed by atoms with Crippen LogP contribution in [0.2, 0.25) is 10.8 Å². The lowest BCUT2D eigenvalue weighted by atomic mass is 9.68. The molecule has 4 rings (SSSR count). The lowest BCUT2D eigenvalue weighted by Crippen LogP contribution is -2.44. The van der Waals surface area contributed by atoms with Gasteiger partial charge in [-0.2, -0.15) is 0 Å². The Morgan fingerprint density at radius 3 is 2.58 bits per heavy atom. The highest BCUT2D eigenvalue weighted by Crippen LogP contribution is 2.48. The van der Waals surface area contributed by atoms with E-state index in [0.717, 1.165) is 12.1 Å². The molecule has 3 atom stereocenters. The van der Waals surface area contributed by atoms with E-state index in [-0.39, 0.29) is 28.8 Å². The zero-order chi connectivity index (χ0) is 24.1. The number of phosphoric acid groups is 1. The number of aliphatic hydroxyl groups is 1. The number of aromatic hydroxyl groups is 1. The van der Waals surface area contributed by atoms with Gasteiger partial charge in [-0.15, -0.1) is 0 Å². The van der Waals surface area contributed by atoms with Gasteiger partial charge >= 0.3 is 7.82 Å². The van der Waals surface area contributed by atoms with Crippen LogP contribution in [-0.4, -0.2) is 59.0 Å². The molecule has 0 aliphatic carbocycles. The number of benzene rings is 2. The monoisotopic (exact) mass is 491 g/mol. The number of hydrogen-bond acceptors (Lipinski definition) is 7. The predicted molar refractivity (Wildman–Crippen MR) is 123 cm³/mol. The van der Waals surface area contributed by atoms with Crippen LogP contribution < -0.4 is 9.95 Å². The maximum Gasteiger partial charge on any atom is 0.524 e. The summed E-state index contributed by atoms with van der Waals surface area (Å²) in [6.45, 7) is 0.631. The van der Waals surface area contributed by atoms with Crippen LogP contribution in [-0.2, 0) is 4.57 Å². The lowest BCUT2D eigenvalue weighted by Gasteiger charge is -2.39. The third-order valence-electron chi connectivity index (χ3n) is 5.57. The van der Waals surface area contributed by atoms with Gasteiger partial charge in [-0.05, 0) is 25.7 Å². The third kappa shape index (κ3) is 4.68. The fourth-order valence-electron chi connectivity index (χ4n) is 4.30. The van der Waals surface area contributed by atoms with Gasteiger partial charge < -0.3 is 24.1 Å². The van der Waals surface area contributed by atoms with Crippen molar-refractivity contribution in [2.45, 2.75) is 17.8 Å². The van der Waals surface area contributed by atoms with Crippen LogP contribution in [0.25, 0.3) is 22.3 Å². The number of aliphatic hydroxyl groups excluding tert-OH is 1. The number of phenolic OH excluding ortho intramolecular Hbond substituents is 1. The van der Waals surface area contributed by atoms with Crippen LogP contribution in [0.4, 0.5) is 0 Å². The van der Waals surface area contributed by atoms with Crippen molar-refractivity contribution in [3.63, 3.8) is 0 Å². The standard InChI is InChI=1S/C21H20BClNO8P/c1-24-8-11(22)18(15(27)9-24)20-14(26)7-17(32-33(28,29)30)19-13(25)6-16(31-21(19)20)10-4-2-3-5-12(10)23/h2-7,11,15,18,26-27H,8-9H2,1H3,(H2,28,29,30). The summed E-state index contributed by atoms with van der Waals surface area (Å²) in [5.74, 6) is -2.47. The topological polar surface area (TPSA) is 141 Å². The number of fused-ring (bicyclic) bond motifs is 1. The first-order valence-corrected chi connectivity index (χ1v) is 11.8. The molecule has 2 aromatic carbocycles. The Kier molecular flexibility index (Phi) is 6.35. The highest BCUT2D eigenvalue weighted by atomic mass is 35.5. The highest BCUT2D eigenvalue weighted by Gasteiger charge is 2.37. The molecule has 0 bridgehead atoms. The fraction of sp³-hybridized carbons (Fsp3) is 0.286. The van der Waals surface area contributed by atoms with E-state index < -0.39 is 42.6 Å². The van der Waals surface area contributed by atoms with E-state index in [4.69, 9.17) is 23.9 Å². The second kappa shape index (κ2) is 8.79. The first kappa shape index (κ1) is 23.8. The fourth-order valence-corrected chi connectivity index (χ4v) is 4.92. The number of phenols is 1. The second-order valence-electron chi connectivity index (χ2n) is 8.03. The summed E-state index contributed by atoms with van der Waals surface area (Å²) in [7, 11) is 2.99. The van der Waals surface area contributed by atoms with Gasteiger partial charge in [0.15, 0.2) is 5.43 Å². The van der Waals surface area contributed by atoms with Crippen molar-refractivity contribution in [3.05, 3.63) is 57.2 Å². The van der Waals surface area contributed by atoms with Gasteiger partial charge in [0.2, 0.25) is 0 Å². The molecule has 0 saturated carbocycles. The quantitative estimate of drug-likeness (QED) is 0.320. The molecular weight excluding hydrogens is 471 g/mol. The van der Waals surface area contributed by atoms with Gasteiger partial charge in [-0.3, -0.25) is 14.6 Å². The second-order valence-corrected chi connectivity index (χ2v) is 9.60. The molecule has 3 aromatic rings. The number of piperidine rings is 1. The number of hydrogen-bond donors (Lipinski definition) is 4. The van der Waals surface area contributed by atoms with Crippen molar-refractivity contribution >= 4 is 38.2 Å². The number of rotatable bonds is 4. The summed E-state index contributed by atoms with van der Waals surface area (Å²) in [6, 6.07) is 8.64. The van der Waals surface area contributed by atoms with E-state index >= 15 is 0 Å². The molecule has 172 valence electrons. The summed E-state index contributed by atoms with van der Waals surface area (Å²) in [6.07, 6.45) is -1.02. The first-order chi connectivity index (χ1) is 15.5. The molecule has 4 N–H and O–H groups in total. The van der Waals surface area contributed by atoms with Gasteiger partial charge in [0, 0.05) is 35.7 Å². The molecule has 1 fully saturated rings. The van der Waals surface area contributed by atoms with E-state index in [9.17, 15) is 29.4 Å². The Bertz CT molecular complexity index is 1310. The SMILES string of the molecule is [B]C1CN(C)CC(O)C1c1c(O)cc(OP(=O)(O)O)c2c(=O)cc(-c3ccccc3Cl)oc12. The van der Waals surface area contributed by atoms with E-state index in [1.54, 1.807) is 31.3 Å². The summed E-state index contributed by atoms with van der Waals surface area (Å²) < 4.78 is 22.2. The molecule has 1 aliphatic heterocycles. The van der Waals surface area contributed by atoms with Crippen molar-refractivity contribution in [1.29, 1.82) is 0 Å². The molecule has 2 heterocycles. The Balaban J connectivity index is 2.06. The molecule has 0 amide bonds. The van der Waals surface area contributed by atoms with Crippen molar-refractivity contribution in [1.82, 2.24) is 4.90 Å². The lowest BCUT2D eigenvalue weighted by molar-refractivity contribution is 0.0637. The Hall–Kier alpha value is -2.33. The average Bonchev–Trinajstić information content (AvgIpc) is 2.68. The Morgan fingerprint density at radius 1 is 1.24 bits per heavy atom. The van der Waals surface area contributed by atoms with E-state index in [0.29, 0.717) is 17.1 Å².